The average Bonchev–Trinajstić information content (AvgIpc) is 2.74. The van der Waals surface area contributed by atoms with Gasteiger partial charge in [-0.3, -0.25) is 4.68 Å². The first-order valence-corrected chi connectivity index (χ1v) is 5.55. The number of aryl methyl sites for hydroxylation is 1. The number of anilines is 2. The zero-order valence-corrected chi connectivity index (χ0v) is 10.4. The van der Waals surface area contributed by atoms with Gasteiger partial charge in [0.05, 0.1) is 17.4 Å². The van der Waals surface area contributed by atoms with Gasteiger partial charge in [-0.2, -0.15) is 5.10 Å². The minimum atomic E-state index is -1.37. The number of amides is 2. The van der Waals surface area contributed by atoms with Crippen LogP contribution in [0.1, 0.15) is 10.4 Å². The highest BCUT2D eigenvalue weighted by atomic mass is 19.1. The third kappa shape index (κ3) is 3.10. The molecule has 0 aliphatic carbocycles. The van der Waals surface area contributed by atoms with Crippen LogP contribution < -0.4 is 10.6 Å². The Balaban J connectivity index is 2.04. The van der Waals surface area contributed by atoms with Crippen molar-refractivity contribution in [2.75, 3.05) is 10.6 Å². The van der Waals surface area contributed by atoms with E-state index >= 15 is 0 Å². The summed E-state index contributed by atoms with van der Waals surface area (Å²) in [5.74, 6) is -2.29. The van der Waals surface area contributed by atoms with Gasteiger partial charge in [0.1, 0.15) is 5.82 Å². The summed E-state index contributed by atoms with van der Waals surface area (Å²) in [6.07, 6.45) is 3.04. The van der Waals surface area contributed by atoms with Gasteiger partial charge in [0.2, 0.25) is 0 Å². The zero-order chi connectivity index (χ0) is 14.7. The van der Waals surface area contributed by atoms with E-state index in [1.165, 1.54) is 16.9 Å². The van der Waals surface area contributed by atoms with Crippen molar-refractivity contribution in [1.82, 2.24) is 9.78 Å². The molecule has 1 aromatic carbocycles. The molecule has 0 spiro atoms. The van der Waals surface area contributed by atoms with Crippen LogP contribution in [0.5, 0.6) is 0 Å². The third-order valence-electron chi connectivity index (χ3n) is 2.42. The fourth-order valence-corrected chi connectivity index (χ4v) is 1.55. The fraction of sp³-hybridized carbons (Fsp3) is 0.0833. The van der Waals surface area contributed by atoms with E-state index in [4.69, 9.17) is 5.11 Å². The van der Waals surface area contributed by atoms with Crippen LogP contribution >= 0.6 is 0 Å². The lowest BCUT2D eigenvalue weighted by Crippen LogP contribution is -2.19. The predicted octanol–water partition coefficient (Wildman–Crippen LogP) is 1.90. The first-order valence-electron chi connectivity index (χ1n) is 5.55. The molecule has 2 amide bonds. The second-order valence-corrected chi connectivity index (χ2v) is 3.98. The Morgan fingerprint density at radius 2 is 2.00 bits per heavy atom. The number of carbonyl (C=O) groups excluding carboxylic acids is 1. The number of carboxylic acid groups (broad SMARTS) is 1. The van der Waals surface area contributed by atoms with E-state index in [2.05, 4.69) is 15.7 Å². The van der Waals surface area contributed by atoms with Gasteiger partial charge in [0.25, 0.3) is 0 Å². The second-order valence-electron chi connectivity index (χ2n) is 3.98. The summed E-state index contributed by atoms with van der Waals surface area (Å²) in [7, 11) is 1.70. The standard InChI is InChI=1S/C12H11FN4O3/c1-17-6-8(5-14-17)16-12(20)15-7-2-3-9(11(18)19)10(13)4-7/h2-6H,1H3,(H,18,19)(H2,15,16,20). The Hall–Kier alpha value is -2.90. The lowest BCUT2D eigenvalue weighted by Gasteiger charge is -2.06. The van der Waals surface area contributed by atoms with Crippen molar-refractivity contribution < 1.29 is 19.1 Å². The molecule has 0 bridgehead atoms. The topological polar surface area (TPSA) is 96.2 Å². The van der Waals surface area contributed by atoms with E-state index in [9.17, 15) is 14.0 Å². The summed E-state index contributed by atoms with van der Waals surface area (Å²) in [6.45, 7) is 0. The Labute approximate surface area is 113 Å². The molecule has 2 rings (SSSR count). The summed E-state index contributed by atoms with van der Waals surface area (Å²) in [5.41, 5.74) is 0.171. The van der Waals surface area contributed by atoms with Crippen molar-refractivity contribution in [2.45, 2.75) is 0 Å². The summed E-state index contributed by atoms with van der Waals surface area (Å²) < 4.78 is 14.9. The monoisotopic (exact) mass is 278 g/mol. The molecule has 0 unspecified atom stereocenters. The molecule has 0 aliphatic heterocycles. The molecule has 0 fully saturated rings. The highest BCUT2D eigenvalue weighted by Gasteiger charge is 2.11. The summed E-state index contributed by atoms with van der Waals surface area (Å²) in [6, 6.07) is 2.74. The largest absolute Gasteiger partial charge is 0.478 e. The van der Waals surface area contributed by atoms with Gasteiger partial charge in [-0.15, -0.1) is 0 Å². The number of hydrogen-bond acceptors (Lipinski definition) is 3. The van der Waals surface area contributed by atoms with E-state index in [0.717, 1.165) is 12.1 Å². The van der Waals surface area contributed by atoms with Gasteiger partial charge in [-0.05, 0) is 18.2 Å². The van der Waals surface area contributed by atoms with Crippen molar-refractivity contribution in [3.63, 3.8) is 0 Å². The molecule has 0 aliphatic rings. The van der Waals surface area contributed by atoms with Crippen molar-refractivity contribution in [3.8, 4) is 0 Å². The normalized spacial score (nSPS) is 10.1. The van der Waals surface area contributed by atoms with Crippen LogP contribution in [0.3, 0.4) is 0 Å². The number of carboxylic acids is 1. The minimum absolute atomic E-state index is 0.147. The number of nitrogens with zero attached hydrogens (tertiary/aromatic N) is 2. The van der Waals surface area contributed by atoms with Crippen molar-refractivity contribution in [3.05, 3.63) is 42.0 Å². The number of aromatic carboxylic acids is 1. The van der Waals surface area contributed by atoms with Gasteiger partial charge in [0, 0.05) is 18.9 Å². The maximum absolute atomic E-state index is 13.4. The zero-order valence-electron chi connectivity index (χ0n) is 10.4. The number of urea groups is 1. The molecule has 0 saturated carbocycles. The van der Waals surface area contributed by atoms with Gasteiger partial charge in [-0.25, -0.2) is 14.0 Å². The molecule has 0 atom stereocenters. The van der Waals surface area contributed by atoms with Gasteiger partial charge < -0.3 is 15.7 Å². The van der Waals surface area contributed by atoms with E-state index in [1.54, 1.807) is 13.2 Å². The van der Waals surface area contributed by atoms with Crippen LogP contribution in [-0.2, 0) is 7.05 Å². The van der Waals surface area contributed by atoms with E-state index < -0.39 is 23.4 Å². The number of aromatic nitrogens is 2. The quantitative estimate of drug-likeness (QED) is 0.798. The van der Waals surface area contributed by atoms with Crippen molar-refractivity contribution in [2.24, 2.45) is 7.05 Å². The summed E-state index contributed by atoms with van der Waals surface area (Å²) in [4.78, 5) is 22.3. The molecule has 0 saturated heterocycles. The number of nitrogens with one attached hydrogen (secondary N) is 2. The Kier molecular flexibility index (Phi) is 3.65. The Bertz CT molecular complexity index is 668. The highest BCUT2D eigenvalue weighted by molar-refractivity contribution is 6.00. The maximum Gasteiger partial charge on any atom is 0.338 e. The molecule has 0 radical (unpaired) electrons. The third-order valence-corrected chi connectivity index (χ3v) is 2.42. The Morgan fingerprint density at radius 1 is 1.30 bits per heavy atom. The highest BCUT2D eigenvalue weighted by Crippen LogP contribution is 2.15. The molecular formula is C12H11FN4O3. The first-order chi connectivity index (χ1) is 9.45. The Morgan fingerprint density at radius 3 is 2.55 bits per heavy atom. The minimum Gasteiger partial charge on any atom is -0.478 e. The van der Waals surface area contributed by atoms with Gasteiger partial charge >= 0.3 is 12.0 Å². The molecule has 1 heterocycles. The average molecular weight is 278 g/mol. The molecule has 3 N–H and O–H groups in total. The molecule has 104 valence electrons. The second kappa shape index (κ2) is 5.39. The lowest BCUT2D eigenvalue weighted by molar-refractivity contribution is 0.0692. The maximum atomic E-state index is 13.4. The van der Waals surface area contributed by atoms with Crippen LogP contribution in [-0.4, -0.2) is 26.9 Å². The summed E-state index contributed by atoms with van der Waals surface area (Å²) >= 11 is 0. The van der Waals surface area contributed by atoms with Crippen molar-refractivity contribution >= 4 is 23.4 Å². The molecule has 7 nitrogen and oxygen atoms in total. The number of carbonyl (C=O) groups is 2. The lowest BCUT2D eigenvalue weighted by atomic mass is 10.2. The molecule has 2 aromatic rings. The SMILES string of the molecule is Cn1cc(NC(=O)Nc2ccc(C(=O)O)c(F)c2)cn1. The summed E-state index contributed by atoms with van der Waals surface area (Å²) in [5, 5.41) is 17.4. The number of halogens is 1. The fourth-order valence-electron chi connectivity index (χ4n) is 1.55. The van der Waals surface area contributed by atoms with Crippen LogP contribution in [0.2, 0.25) is 0 Å². The van der Waals surface area contributed by atoms with Gasteiger partial charge in [0.15, 0.2) is 0 Å². The predicted molar refractivity (Wildman–Crippen MR) is 69.2 cm³/mol. The van der Waals surface area contributed by atoms with Crippen molar-refractivity contribution in [1.29, 1.82) is 0 Å². The van der Waals surface area contributed by atoms with Gasteiger partial charge in [-0.1, -0.05) is 0 Å². The first kappa shape index (κ1) is 13.5. The van der Waals surface area contributed by atoms with E-state index in [-0.39, 0.29) is 5.69 Å². The van der Waals surface area contributed by atoms with E-state index in [1.807, 2.05) is 0 Å². The van der Waals surface area contributed by atoms with E-state index in [0.29, 0.717) is 5.69 Å². The number of benzene rings is 1. The van der Waals surface area contributed by atoms with Crippen LogP contribution in [0, 0.1) is 5.82 Å². The van der Waals surface area contributed by atoms with Crippen LogP contribution in [0.25, 0.3) is 0 Å². The molecule has 20 heavy (non-hydrogen) atoms. The molecular weight excluding hydrogens is 267 g/mol. The molecule has 1 aromatic heterocycles. The smallest absolute Gasteiger partial charge is 0.338 e. The molecule has 8 heteroatoms. The van der Waals surface area contributed by atoms with Crippen LogP contribution in [0.4, 0.5) is 20.6 Å². The number of hydrogen-bond donors (Lipinski definition) is 3. The number of rotatable bonds is 3. The van der Waals surface area contributed by atoms with Crippen LogP contribution in [0.15, 0.2) is 30.6 Å².